The quantitative estimate of drug-likeness (QED) is 0.461. The van der Waals surface area contributed by atoms with Crippen LogP contribution in [0.15, 0.2) is 41.3 Å². The van der Waals surface area contributed by atoms with Crippen LogP contribution in [0.25, 0.3) is 0 Å². The summed E-state index contributed by atoms with van der Waals surface area (Å²) in [5, 5.41) is 16.7. The number of amides is 1. The molecule has 0 unspecified atom stereocenters. The molecule has 0 aliphatic rings. The highest BCUT2D eigenvalue weighted by Crippen LogP contribution is 2.28. The van der Waals surface area contributed by atoms with Gasteiger partial charge in [0, 0.05) is 24.8 Å². The van der Waals surface area contributed by atoms with Crippen molar-refractivity contribution in [3.8, 4) is 0 Å². The van der Waals surface area contributed by atoms with Gasteiger partial charge in [-0.05, 0) is 49.2 Å². The standard InChI is InChI=1S/C20H26N4O5S/c1-5-23(6-2)30(28,29)17-9-7-8-16(12-17)21-13-20(25)22-18-10-14(3)15(4)11-19(18)24(26)27/h7-12,21H,5-6,13H2,1-4H3,(H,22,25). The maximum Gasteiger partial charge on any atom is 0.293 e. The lowest BCUT2D eigenvalue weighted by Crippen LogP contribution is -2.30. The Morgan fingerprint density at radius 3 is 2.33 bits per heavy atom. The fourth-order valence-electron chi connectivity index (χ4n) is 2.91. The van der Waals surface area contributed by atoms with E-state index in [1.54, 1.807) is 45.9 Å². The molecule has 0 saturated carbocycles. The lowest BCUT2D eigenvalue weighted by molar-refractivity contribution is -0.384. The molecule has 30 heavy (non-hydrogen) atoms. The highest BCUT2D eigenvalue weighted by atomic mass is 32.2. The van der Waals surface area contributed by atoms with Crippen LogP contribution in [0.5, 0.6) is 0 Å². The van der Waals surface area contributed by atoms with Crippen LogP contribution in [0.3, 0.4) is 0 Å². The molecule has 10 heteroatoms. The van der Waals surface area contributed by atoms with Crippen molar-refractivity contribution in [1.82, 2.24) is 4.31 Å². The Hall–Kier alpha value is -2.98. The van der Waals surface area contributed by atoms with Gasteiger partial charge in [-0.25, -0.2) is 8.42 Å². The molecule has 2 rings (SSSR count). The van der Waals surface area contributed by atoms with Gasteiger partial charge in [-0.15, -0.1) is 0 Å². The summed E-state index contributed by atoms with van der Waals surface area (Å²) >= 11 is 0. The number of hydrogen-bond acceptors (Lipinski definition) is 6. The summed E-state index contributed by atoms with van der Waals surface area (Å²) in [6.07, 6.45) is 0. The molecule has 0 fully saturated rings. The number of carbonyl (C=O) groups excluding carboxylic acids is 1. The monoisotopic (exact) mass is 434 g/mol. The smallest absolute Gasteiger partial charge is 0.293 e. The largest absolute Gasteiger partial charge is 0.376 e. The van der Waals surface area contributed by atoms with Crippen molar-refractivity contribution in [2.75, 3.05) is 30.3 Å². The number of anilines is 2. The number of sulfonamides is 1. The number of nitrogens with zero attached hydrogens (tertiary/aromatic N) is 2. The number of aryl methyl sites for hydroxylation is 2. The van der Waals surface area contributed by atoms with E-state index < -0.39 is 20.9 Å². The molecule has 0 radical (unpaired) electrons. The van der Waals surface area contributed by atoms with Gasteiger partial charge >= 0.3 is 0 Å². The van der Waals surface area contributed by atoms with E-state index >= 15 is 0 Å². The first-order chi connectivity index (χ1) is 14.1. The maximum atomic E-state index is 12.6. The Kier molecular flexibility index (Phi) is 7.52. The first kappa shape index (κ1) is 23.3. The van der Waals surface area contributed by atoms with Gasteiger partial charge < -0.3 is 10.6 Å². The van der Waals surface area contributed by atoms with Gasteiger partial charge in [0.1, 0.15) is 5.69 Å². The molecule has 0 atom stereocenters. The van der Waals surface area contributed by atoms with Crippen LogP contribution < -0.4 is 10.6 Å². The predicted molar refractivity (Wildman–Crippen MR) is 116 cm³/mol. The van der Waals surface area contributed by atoms with Crippen molar-refractivity contribution in [3.63, 3.8) is 0 Å². The number of nitrogens with one attached hydrogen (secondary N) is 2. The average Bonchev–Trinajstić information content (AvgIpc) is 2.69. The zero-order chi connectivity index (χ0) is 22.5. The minimum atomic E-state index is -3.62. The van der Waals surface area contributed by atoms with Gasteiger partial charge in [0.25, 0.3) is 5.69 Å². The minimum Gasteiger partial charge on any atom is -0.376 e. The average molecular weight is 435 g/mol. The summed E-state index contributed by atoms with van der Waals surface area (Å²) in [7, 11) is -3.62. The molecule has 2 N–H and O–H groups in total. The predicted octanol–water partition coefficient (Wildman–Crippen LogP) is 3.29. The molecule has 0 spiro atoms. The van der Waals surface area contributed by atoms with E-state index in [-0.39, 0.29) is 22.8 Å². The Morgan fingerprint density at radius 2 is 1.73 bits per heavy atom. The Balaban J connectivity index is 2.13. The van der Waals surface area contributed by atoms with E-state index in [2.05, 4.69) is 10.6 Å². The second kappa shape index (κ2) is 9.68. The summed E-state index contributed by atoms with van der Waals surface area (Å²) in [6, 6.07) is 9.16. The van der Waals surface area contributed by atoms with Gasteiger partial charge in [-0.3, -0.25) is 14.9 Å². The summed E-state index contributed by atoms with van der Waals surface area (Å²) < 4.78 is 26.6. The van der Waals surface area contributed by atoms with Gasteiger partial charge in [-0.2, -0.15) is 4.31 Å². The van der Waals surface area contributed by atoms with E-state index in [1.165, 1.54) is 22.5 Å². The van der Waals surface area contributed by atoms with E-state index in [4.69, 9.17) is 0 Å². The van der Waals surface area contributed by atoms with Crippen molar-refractivity contribution in [3.05, 3.63) is 57.6 Å². The number of benzene rings is 2. The molecule has 0 heterocycles. The topological polar surface area (TPSA) is 122 Å². The molecule has 0 aliphatic heterocycles. The molecule has 0 aliphatic carbocycles. The van der Waals surface area contributed by atoms with Crippen molar-refractivity contribution in [2.24, 2.45) is 0 Å². The van der Waals surface area contributed by atoms with E-state index in [0.717, 1.165) is 11.1 Å². The first-order valence-corrected chi connectivity index (χ1v) is 10.9. The Bertz CT molecular complexity index is 1050. The number of rotatable bonds is 9. The van der Waals surface area contributed by atoms with E-state index in [0.29, 0.717) is 18.8 Å². The number of carbonyl (C=O) groups is 1. The second-order valence-electron chi connectivity index (χ2n) is 6.73. The normalized spacial score (nSPS) is 11.4. The highest BCUT2D eigenvalue weighted by Gasteiger charge is 2.22. The van der Waals surface area contributed by atoms with Gasteiger partial charge in [0.2, 0.25) is 15.9 Å². The zero-order valence-electron chi connectivity index (χ0n) is 17.4. The van der Waals surface area contributed by atoms with Crippen LogP contribution in [0.2, 0.25) is 0 Å². The molecule has 9 nitrogen and oxygen atoms in total. The molecule has 1 amide bonds. The third-order valence-electron chi connectivity index (χ3n) is 4.71. The minimum absolute atomic E-state index is 0.118. The molecule has 2 aromatic carbocycles. The van der Waals surface area contributed by atoms with Crippen LogP contribution in [0.1, 0.15) is 25.0 Å². The number of nitro groups is 1. The fourth-order valence-corrected chi connectivity index (χ4v) is 4.41. The second-order valence-corrected chi connectivity index (χ2v) is 8.67. The molecular formula is C20H26N4O5S. The molecule has 162 valence electrons. The lowest BCUT2D eigenvalue weighted by atomic mass is 10.1. The van der Waals surface area contributed by atoms with Crippen LogP contribution in [0, 0.1) is 24.0 Å². The van der Waals surface area contributed by atoms with Gasteiger partial charge in [0.15, 0.2) is 0 Å². The third kappa shape index (κ3) is 5.33. The van der Waals surface area contributed by atoms with Crippen molar-refractivity contribution in [1.29, 1.82) is 0 Å². The summed E-state index contributed by atoms with van der Waals surface area (Å²) in [6.45, 7) is 7.61. The summed E-state index contributed by atoms with van der Waals surface area (Å²) in [4.78, 5) is 23.2. The van der Waals surface area contributed by atoms with E-state index in [1.807, 2.05) is 0 Å². The van der Waals surface area contributed by atoms with Crippen molar-refractivity contribution < 1.29 is 18.1 Å². The molecule has 0 bridgehead atoms. The van der Waals surface area contributed by atoms with Crippen LogP contribution in [0.4, 0.5) is 17.1 Å². The SMILES string of the molecule is CCN(CC)S(=O)(=O)c1cccc(NCC(=O)Nc2cc(C)c(C)cc2[N+](=O)[O-])c1. The zero-order valence-corrected chi connectivity index (χ0v) is 18.2. The Labute approximate surface area is 176 Å². The van der Waals surface area contributed by atoms with Crippen molar-refractivity contribution in [2.45, 2.75) is 32.6 Å². The van der Waals surface area contributed by atoms with Crippen LogP contribution >= 0.6 is 0 Å². The van der Waals surface area contributed by atoms with E-state index in [9.17, 15) is 23.3 Å². The summed E-state index contributed by atoms with van der Waals surface area (Å²) in [5.74, 6) is -0.488. The van der Waals surface area contributed by atoms with Gasteiger partial charge in [0.05, 0.1) is 16.4 Å². The molecular weight excluding hydrogens is 408 g/mol. The van der Waals surface area contributed by atoms with Crippen molar-refractivity contribution >= 4 is 33.0 Å². The molecule has 2 aromatic rings. The Morgan fingerprint density at radius 1 is 1.10 bits per heavy atom. The molecule has 0 aromatic heterocycles. The van der Waals surface area contributed by atoms with Crippen LogP contribution in [-0.4, -0.2) is 43.2 Å². The number of hydrogen-bond donors (Lipinski definition) is 2. The summed E-state index contributed by atoms with van der Waals surface area (Å²) in [5.41, 5.74) is 1.96. The maximum absolute atomic E-state index is 12.6. The fraction of sp³-hybridized carbons (Fsp3) is 0.350. The molecule has 0 saturated heterocycles. The number of nitro benzene ring substituents is 1. The van der Waals surface area contributed by atoms with Gasteiger partial charge in [-0.1, -0.05) is 19.9 Å². The third-order valence-corrected chi connectivity index (χ3v) is 6.76. The first-order valence-electron chi connectivity index (χ1n) is 9.49. The highest BCUT2D eigenvalue weighted by molar-refractivity contribution is 7.89. The lowest BCUT2D eigenvalue weighted by Gasteiger charge is -2.19. The van der Waals surface area contributed by atoms with Crippen LogP contribution in [-0.2, 0) is 14.8 Å².